The molecule has 1 saturated heterocycles. The lowest BCUT2D eigenvalue weighted by atomic mass is 10.1. The van der Waals surface area contributed by atoms with Crippen LogP contribution in [0.5, 0.6) is 0 Å². The third-order valence-electron chi connectivity index (χ3n) is 1.15. The van der Waals surface area contributed by atoms with Crippen molar-refractivity contribution in [1.29, 1.82) is 0 Å². The fraction of sp³-hybridized carbons (Fsp3) is 0.800. The molecule has 1 heterocycles. The number of Topliss-reactive ketones (excluding diaryl/α,β-unsaturated/α-hetero) is 1. The van der Waals surface area contributed by atoms with Gasteiger partial charge in [-0.2, -0.15) is 0 Å². The highest BCUT2D eigenvalue weighted by atomic mass is 32.2. The highest BCUT2D eigenvalue weighted by Gasteiger charge is 2.17. The second-order valence-corrected chi connectivity index (χ2v) is 2.67. The van der Waals surface area contributed by atoms with Gasteiger partial charge in [-0.25, -0.2) is 0 Å². The van der Waals surface area contributed by atoms with Crippen molar-refractivity contribution in [1.82, 2.24) is 0 Å². The lowest BCUT2D eigenvalue weighted by Crippen LogP contribution is -2.22. The number of rotatable bonds is 0. The number of ketones is 1. The van der Waals surface area contributed by atoms with Gasteiger partial charge in [0.25, 0.3) is 0 Å². The van der Waals surface area contributed by atoms with Crippen LogP contribution in [0.1, 0.15) is 6.92 Å². The number of carbonyl (C=O) groups is 1. The van der Waals surface area contributed by atoms with E-state index in [0.29, 0.717) is 18.1 Å². The van der Waals surface area contributed by atoms with Gasteiger partial charge in [0.15, 0.2) is 0 Å². The molecule has 1 aliphatic rings. The molecule has 1 rings (SSSR count). The zero-order valence-corrected chi connectivity index (χ0v) is 5.53. The van der Waals surface area contributed by atoms with Gasteiger partial charge in [-0.15, -0.1) is 0 Å². The Bertz CT molecular complexity index is 103. The van der Waals surface area contributed by atoms with Crippen molar-refractivity contribution in [2.75, 3.05) is 12.4 Å². The highest BCUT2D eigenvalue weighted by molar-refractivity contribution is 7.95. The van der Waals surface area contributed by atoms with Crippen LogP contribution in [0.2, 0.25) is 0 Å². The average Bonchev–Trinajstić information content (AvgIpc) is 1.77. The summed E-state index contributed by atoms with van der Waals surface area (Å²) in [4.78, 5) is 10.7. The first kappa shape index (κ1) is 6.11. The molecule has 3 heteroatoms. The van der Waals surface area contributed by atoms with Crippen LogP contribution < -0.4 is 0 Å². The van der Waals surface area contributed by atoms with Gasteiger partial charge in [0.1, 0.15) is 5.78 Å². The van der Waals surface area contributed by atoms with Crippen LogP contribution in [0, 0.1) is 5.92 Å². The maximum atomic E-state index is 10.7. The normalized spacial score (nSPS) is 30.6. The van der Waals surface area contributed by atoms with E-state index in [2.05, 4.69) is 0 Å². The summed E-state index contributed by atoms with van der Waals surface area (Å²) in [5.74, 6) is 0.957. The van der Waals surface area contributed by atoms with E-state index in [-0.39, 0.29) is 5.92 Å². The molecule has 0 aromatic carbocycles. The van der Waals surface area contributed by atoms with Gasteiger partial charge in [0.2, 0.25) is 0 Å². The van der Waals surface area contributed by atoms with E-state index in [0.717, 1.165) is 0 Å². The summed E-state index contributed by atoms with van der Waals surface area (Å²) in [6.45, 7) is 2.48. The fourth-order valence-electron chi connectivity index (χ4n) is 0.485. The molecule has 1 fully saturated rings. The minimum Gasteiger partial charge on any atom is -0.314 e. The molecule has 46 valence electrons. The number of carbonyl (C=O) groups excluding carboxylic acids is 1. The van der Waals surface area contributed by atoms with Crippen molar-refractivity contribution in [2.24, 2.45) is 5.92 Å². The summed E-state index contributed by atoms with van der Waals surface area (Å²) in [6.07, 6.45) is 0. The van der Waals surface area contributed by atoms with Gasteiger partial charge in [0, 0.05) is 5.92 Å². The maximum Gasteiger partial charge on any atom is 0.150 e. The minimum absolute atomic E-state index is 0.122. The predicted octanol–water partition coefficient (Wildman–Crippen LogP) is 0.870. The van der Waals surface area contributed by atoms with Gasteiger partial charge in [-0.1, -0.05) is 6.92 Å². The number of hydrogen-bond acceptors (Lipinski definition) is 3. The Morgan fingerprint density at radius 2 is 2.62 bits per heavy atom. The highest BCUT2D eigenvalue weighted by Crippen LogP contribution is 2.15. The fourth-order valence-corrected chi connectivity index (χ4v) is 1.27. The summed E-state index contributed by atoms with van der Waals surface area (Å²) in [6, 6.07) is 0. The molecule has 0 aromatic rings. The van der Waals surface area contributed by atoms with E-state index < -0.39 is 0 Å². The summed E-state index contributed by atoms with van der Waals surface area (Å²) < 4.78 is 4.95. The van der Waals surface area contributed by atoms with Crippen LogP contribution in [-0.4, -0.2) is 18.1 Å². The Labute approximate surface area is 52.8 Å². The molecule has 0 N–H and O–H groups in total. The van der Waals surface area contributed by atoms with E-state index in [9.17, 15) is 4.79 Å². The Balaban J connectivity index is 2.39. The molecule has 0 saturated carbocycles. The molecule has 2 nitrogen and oxygen atoms in total. The molecule has 1 unspecified atom stereocenters. The zero-order valence-electron chi connectivity index (χ0n) is 4.72. The van der Waals surface area contributed by atoms with Crippen molar-refractivity contribution in [3.63, 3.8) is 0 Å². The average molecular weight is 132 g/mol. The predicted molar refractivity (Wildman–Crippen MR) is 32.6 cm³/mol. The largest absolute Gasteiger partial charge is 0.314 e. The molecule has 0 amide bonds. The van der Waals surface area contributed by atoms with Crippen molar-refractivity contribution in [3.05, 3.63) is 0 Å². The molecule has 0 aromatic heterocycles. The monoisotopic (exact) mass is 132 g/mol. The van der Waals surface area contributed by atoms with Gasteiger partial charge in [-0.3, -0.25) is 4.79 Å². The summed E-state index contributed by atoms with van der Waals surface area (Å²) >= 11 is 1.26. The van der Waals surface area contributed by atoms with Crippen LogP contribution in [0.15, 0.2) is 0 Å². The van der Waals surface area contributed by atoms with Crippen LogP contribution >= 0.6 is 12.0 Å². The first-order valence-electron chi connectivity index (χ1n) is 2.58. The van der Waals surface area contributed by atoms with Gasteiger partial charge in [0.05, 0.1) is 12.4 Å². The van der Waals surface area contributed by atoms with Crippen molar-refractivity contribution >= 4 is 17.8 Å². The number of hydrogen-bond donors (Lipinski definition) is 0. The standard InChI is InChI=1S/C5H8O2S/c1-4-2-7-8-3-5(4)6/h4H,2-3H2,1H3. The van der Waals surface area contributed by atoms with E-state index in [1.165, 1.54) is 12.0 Å². The quantitative estimate of drug-likeness (QED) is 0.457. The third-order valence-corrected chi connectivity index (χ3v) is 1.86. The second kappa shape index (κ2) is 2.51. The topological polar surface area (TPSA) is 26.3 Å². The second-order valence-electron chi connectivity index (χ2n) is 1.91. The molecule has 1 aliphatic heterocycles. The van der Waals surface area contributed by atoms with E-state index in [1.807, 2.05) is 6.92 Å². The van der Waals surface area contributed by atoms with E-state index in [1.54, 1.807) is 0 Å². The van der Waals surface area contributed by atoms with Crippen LogP contribution in [0.25, 0.3) is 0 Å². The molecule has 0 aliphatic carbocycles. The van der Waals surface area contributed by atoms with Crippen LogP contribution in [0.4, 0.5) is 0 Å². The van der Waals surface area contributed by atoms with Gasteiger partial charge in [-0.05, 0) is 12.0 Å². The molecule has 1 atom stereocenters. The summed E-state index contributed by atoms with van der Waals surface area (Å²) in [5.41, 5.74) is 0. The van der Waals surface area contributed by atoms with Crippen molar-refractivity contribution in [2.45, 2.75) is 6.92 Å². The Morgan fingerprint density at radius 3 is 3.00 bits per heavy atom. The van der Waals surface area contributed by atoms with E-state index in [4.69, 9.17) is 4.18 Å². The van der Waals surface area contributed by atoms with Crippen LogP contribution in [-0.2, 0) is 8.98 Å². The van der Waals surface area contributed by atoms with Crippen molar-refractivity contribution < 1.29 is 8.98 Å². The lowest BCUT2D eigenvalue weighted by molar-refractivity contribution is -0.121. The molecular weight excluding hydrogens is 124 g/mol. The van der Waals surface area contributed by atoms with Crippen molar-refractivity contribution in [3.8, 4) is 0 Å². The third kappa shape index (κ3) is 1.23. The first-order chi connectivity index (χ1) is 3.80. The molecule has 8 heavy (non-hydrogen) atoms. The first-order valence-corrected chi connectivity index (χ1v) is 3.49. The summed E-state index contributed by atoms with van der Waals surface area (Å²) in [5, 5.41) is 0. The van der Waals surface area contributed by atoms with Gasteiger partial charge >= 0.3 is 0 Å². The Morgan fingerprint density at radius 1 is 1.88 bits per heavy atom. The molecule has 0 spiro atoms. The zero-order chi connectivity index (χ0) is 5.98. The Hall–Kier alpha value is -0.0200. The minimum atomic E-state index is 0.122. The smallest absolute Gasteiger partial charge is 0.150 e. The molecule has 0 radical (unpaired) electrons. The lowest BCUT2D eigenvalue weighted by Gasteiger charge is -2.14. The van der Waals surface area contributed by atoms with Crippen LogP contribution in [0.3, 0.4) is 0 Å². The maximum absolute atomic E-state index is 10.7. The Kier molecular flexibility index (Phi) is 1.91. The molecule has 0 bridgehead atoms. The van der Waals surface area contributed by atoms with Gasteiger partial charge < -0.3 is 4.18 Å². The van der Waals surface area contributed by atoms with E-state index >= 15 is 0 Å². The SMILES string of the molecule is CC1COSCC1=O. The molecular formula is C5H8O2S. The summed E-state index contributed by atoms with van der Waals surface area (Å²) in [7, 11) is 0.